The highest BCUT2D eigenvalue weighted by Gasteiger charge is 2.31. The molecule has 1 amide bonds. The second kappa shape index (κ2) is 7.94. The Balaban J connectivity index is 1.52. The molecule has 0 N–H and O–H groups in total. The lowest BCUT2D eigenvalue weighted by Gasteiger charge is -2.34. The molecule has 2 aromatic carbocycles. The Labute approximate surface area is 178 Å². The SMILES string of the molecule is Cc1nc2ccc(Cl)cc2cc1C(=O)N1CCN(S(=O)(=O)c2cccc(F)c2)CC1. The van der Waals surface area contributed by atoms with Crippen LogP contribution in [0.5, 0.6) is 0 Å². The van der Waals surface area contributed by atoms with Crippen LogP contribution in [0.15, 0.2) is 53.4 Å². The average Bonchev–Trinajstić information content (AvgIpc) is 2.73. The summed E-state index contributed by atoms with van der Waals surface area (Å²) in [5.41, 5.74) is 1.82. The van der Waals surface area contributed by atoms with Crippen LogP contribution < -0.4 is 0 Å². The predicted molar refractivity (Wildman–Crippen MR) is 113 cm³/mol. The Morgan fingerprint density at radius 2 is 1.80 bits per heavy atom. The van der Waals surface area contributed by atoms with Crippen molar-refractivity contribution in [2.45, 2.75) is 11.8 Å². The van der Waals surface area contributed by atoms with Gasteiger partial charge in [0.1, 0.15) is 5.82 Å². The lowest BCUT2D eigenvalue weighted by Crippen LogP contribution is -2.50. The van der Waals surface area contributed by atoms with Crippen LogP contribution in [0.4, 0.5) is 4.39 Å². The number of carbonyl (C=O) groups is 1. The van der Waals surface area contributed by atoms with Crippen LogP contribution in [0.1, 0.15) is 16.1 Å². The van der Waals surface area contributed by atoms with Gasteiger partial charge < -0.3 is 4.90 Å². The van der Waals surface area contributed by atoms with E-state index >= 15 is 0 Å². The van der Waals surface area contributed by atoms with Gasteiger partial charge in [0.15, 0.2) is 0 Å². The van der Waals surface area contributed by atoms with E-state index in [-0.39, 0.29) is 37.0 Å². The highest BCUT2D eigenvalue weighted by atomic mass is 35.5. The van der Waals surface area contributed by atoms with Crippen LogP contribution >= 0.6 is 11.6 Å². The molecule has 0 aliphatic carbocycles. The molecule has 30 heavy (non-hydrogen) atoms. The standard InChI is InChI=1S/C21H19ClFN3O3S/c1-14-19(12-15-11-16(22)5-6-20(15)24-14)21(27)25-7-9-26(10-8-25)30(28,29)18-4-2-3-17(23)13-18/h2-6,11-13H,7-10H2,1H3. The van der Waals surface area contributed by atoms with E-state index < -0.39 is 15.8 Å². The number of hydrogen-bond acceptors (Lipinski definition) is 4. The maximum Gasteiger partial charge on any atom is 0.255 e. The molecule has 1 aliphatic rings. The summed E-state index contributed by atoms with van der Waals surface area (Å²) in [7, 11) is -3.81. The summed E-state index contributed by atoms with van der Waals surface area (Å²) >= 11 is 6.05. The molecule has 0 atom stereocenters. The zero-order chi connectivity index (χ0) is 21.5. The molecule has 0 spiro atoms. The van der Waals surface area contributed by atoms with Gasteiger partial charge in [-0.1, -0.05) is 17.7 Å². The first-order valence-corrected chi connectivity index (χ1v) is 11.2. The number of amides is 1. The number of sulfonamides is 1. The monoisotopic (exact) mass is 447 g/mol. The van der Waals surface area contributed by atoms with Gasteiger partial charge in [0, 0.05) is 36.6 Å². The molecule has 1 aliphatic heterocycles. The number of aromatic nitrogens is 1. The Morgan fingerprint density at radius 1 is 1.07 bits per heavy atom. The lowest BCUT2D eigenvalue weighted by atomic mass is 10.1. The van der Waals surface area contributed by atoms with E-state index in [1.807, 2.05) is 0 Å². The maximum atomic E-state index is 13.4. The number of rotatable bonds is 3. The van der Waals surface area contributed by atoms with Crippen molar-refractivity contribution in [2.24, 2.45) is 0 Å². The van der Waals surface area contributed by atoms with Gasteiger partial charge in [-0.05, 0) is 49.4 Å². The molecule has 9 heteroatoms. The third kappa shape index (κ3) is 3.90. The summed E-state index contributed by atoms with van der Waals surface area (Å²) < 4.78 is 40.2. The smallest absolute Gasteiger partial charge is 0.255 e. The number of halogens is 2. The fourth-order valence-electron chi connectivity index (χ4n) is 3.54. The van der Waals surface area contributed by atoms with Gasteiger partial charge in [0.2, 0.25) is 10.0 Å². The minimum absolute atomic E-state index is 0.0891. The Bertz CT molecular complexity index is 1240. The lowest BCUT2D eigenvalue weighted by molar-refractivity contribution is 0.0697. The van der Waals surface area contributed by atoms with Crippen molar-refractivity contribution in [1.29, 1.82) is 0 Å². The molecular weight excluding hydrogens is 429 g/mol. The van der Waals surface area contributed by atoms with E-state index in [1.54, 1.807) is 36.1 Å². The second-order valence-electron chi connectivity index (χ2n) is 7.11. The zero-order valence-corrected chi connectivity index (χ0v) is 17.8. The molecule has 3 aromatic rings. The molecule has 156 valence electrons. The fraction of sp³-hybridized carbons (Fsp3) is 0.238. The van der Waals surface area contributed by atoms with Gasteiger partial charge in [0.25, 0.3) is 5.91 Å². The summed E-state index contributed by atoms with van der Waals surface area (Å²) in [6, 6.07) is 12.0. The molecule has 6 nitrogen and oxygen atoms in total. The molecule has 4 rings (SSSR count). The van der Waals surface area contributed by atoms with Gasteiger partial charge in [-0.15, -0.1) is 0 Å². The summed E-state index contributed by atoms with van der Waals surface area (Å²) in [4.78, 5) is 19.1. The Kier molecular flexibility index (Phi) is 5.48. The van der Waals surface area contributed by atoms with Crippen LogP contribution in [0.3, 0.4) is 0 Å². The zero-order valence-electron chi connectivity index (χ0n) is 16.2. The quantitative estimate of drug-likeness (QED) is 0.616. The molecule has 0 radical (unpaired) electrons. The number of nitrogens with zero attached hydrogens (tertiary/aromatic N) is 3. The molecule has 1 fully saturated rings. The highest BCUT2D eigenvalue weighted by Crippen LogP contribution is 2.23. The maximum absolute atomic E-state index is 13.4. The van der Waals surface area contributed by atoms with Crippen molar-refractivity contribution in [1.82, 2.24) is 14.2 Å². The summed E-state index contributed by atoms with van der Waals surface area (Å²) in [6.07, 6.45) is 0. The first-order chi connectivity index (χ1) is 14.3. The largest absolute Gasteiger partial charge is 0.336 e. The highest BCUT2D eigenvalue weighted by molar-refractivity contribution is 7.89. The number of hydrogen-bond donors (Lipinski definition) is 0. The molecule has 0 unspecified atom stereocenters. The van der Waals surface area contributed by atoms with Crippen molar-refractivity contribution in [3.05, 3.63) is 70.6 Å². The minimum Gasteiger partial charge on any atom is -0.336 e. The third-order valence-corrected chi connectivity index (χ3v) is 7.29. The Morgan fingerprint density at radius 3 is 2.50 bits per heavy atom. The first kappa shape index (κ1) is 20.7. The number of pyridine rings is 1. The van der Waals surface area contributed by atoms with Gasteiger partial charge >= 0.3 is 0 Å². The van der Waals surface area contributed by atoms with E-state index in [9.17, 15) is 17.6 Å². The van der Waals surface area contributed by atoms with E-state index in [1.165, 1.54) is 22.5 Å². The number of carbonyl (C=O) groups excluding carboxylic acids is 1. The Hall–Kier alpha value is -2.55. The molecule has 2 heterocycles. The molecular formula is C21H19ClFN3O3S. The van der Waals surface area contributed by atoms with Crippen LogP contribution in [-0.2, 0) is 10.0 Å². The van der Waals surface area contributed by atoms with Gasteiger partial charge in [-0.3, -0.25) is 9.78 Å². The van der Waals surface area contributed by atoms with Crippen LogP contribution in [0.2, 0.25) is 5.02 Å². The summed E-state index contributed by atoms with van der Waals surface area (Å²) in [5, 5.41) is 1.33. The number of aryl methyl sites for hydroxylation is 1. The molecule has 1 saturated heterocycles. The molecule has 0 saturated carbocycles. The van der Waals surface area contributed by atoms with Crippen molar-refractivity contribution in [3.63, 3.8) is 0 Å². The van der Waals surface area contributed by atoms with Gasteiger partial charge in [-0.25, -0.2) is 12.8 Å². The molecule has 0 bridgehead atoms. The second-order valence-corrected chi connectivity index (χ2v) is 9.49. The first-order valence-electron chi connectivity index (χ1n) is 9.37. The van der Waals surface area contributed by atoms with Crippen molar-refractivity contribution >= 4 is 38.4 Å². The number of benzene rings is 2. The van der Waals surface area contributed by atoms with Crippen LogP contribution in [0, 0.1) is 12.7 Å². The van der Waals surface area contributed by atoms with Crippen molar-refractivity contribution < 1.29 is 17.6 Å². The molecule has 1 aromatic heterocycles. The summed E-state index contributed by atoms with van der Waals surface area (Å²) in [5.74, 6) is -0.811. The van der Waals surface area contributed by atoms with Crippen LogP contribution in [-0.4, -0.2) is 54.7 Å². The minimum atomic E-state index is -3.81. The topological polar surface area (TPSA) is 70.6 Å². The van der Waals surface area contributed by atoms with E-state index in [0.29, 0.717) is 16.3 Å². The third-order valence-electron chi connectivity index (χ3n) is 5.16. The predicted octanol–water partition coefficient (Wildman–Crippen LogP) is 3.48. The van der Waals surface area contributed by atoms with Crippen LogP contribution in [0.25, 0.3) is 10.9 Å². The van der Waals surface area contributed by atoms with E-state index in [2.05, 4.69) is 4.98 Å². The average molecular weight is 448 g/mol. The number of fused-ring (bicyclic) bond motifs is 1. The normalized spacial score (nSPS) is 15.5. The van der Waals surface area contributed by atoms with E-state index in [0.717, 1.165) is 17.0 Å². The van der Waals surface area contributed by atoms with Crippen molar-refractivity contribution in [3.8, 4) is 0 Å². The number of piperazine rings is 1. The summed E-state index contributed by atoms with van der Waals surface area (Å²) in [6.45, 7) is 2.51. The van der Waals surface area contributed by atoms with Gasteiger partial charge in [0.05, 0.1) is 21.7 Å². The van der Waals surface area contributed by atoms with E-state index in [4.69, 9.17) is 11.6 Å². The van der Waals surface area contributed by atoms with Gasteiger partial charge in [-0.2, -0.15) is 4.31 Å². The van der Waals surface area contributed by atoms with Crippen molar-refractivity contribution in [2.75, 3.05) is 26.2 Å². The fourth-order valence-corrected chi connectivity index (χ4v) is 5.17.